The van der Waals surface area contributed by atoms with Gasteiger partial charge in [0.25, 0.3) is 10.0 Å². The molecule has 2 aromatic rings. The van der Waals surface area contributed by atoms with Gasteiger partial charge in [0, 0.05) is 17.6 Å². The van der Waals surface area contributed by atoms with Gasteiger partial charge in [-0.25, -0.2) is 13.4 Å². The largest absolute Gasteiger partial charge is 0.313 e. The van der Waals surface area contributed by atoms with E-state index in [1.165, 1.54) is 22.7 Å². The summed E-state index contributed by atoms with van der Waals surface area (Å²) in [4.78, 5) is 4.99. The molecule has 0 saturated heterocycles. The average Bonchev–Trinajstić information content (AvgIpc) is 2.99. The fourth-order valence-electron chi connectivity index (χ4n) is 1.56. The summed E-state index contributed by atoms with van der Waals surface area (Å²) in [6, 6.07) is 1.70. The third-order valence-electron chi connectivity index (χ3n) is 2.49. The van der Waals surface area contributed by atoms with Crippen LogP contribution in [0.1, 0.15) is 23.8 Å². The fourth-order valence-corrected chi connectivity index (χ4v) is 4.68. The quantitative estimate of drug-likeness (QED) is 0.765. The molecule has 0 spiro atoms. The van der Waals surface area contributed by atoms with Crippen LogP contribution in [0.25, 0.3) is 0 Å². The number of nitrogens with zero attached hydrogens (tertiary/aromatic N) is 1. The van der Waals surface area contributed by atoms with Crippen LogP contribution in [0.3, 0.4) is 0 Å². The maximum Gasteiger partial charge on any atom is 0.273 e. The number of anilines is 1. The van der Waals surface area contributed by atoms with Gasteiger partial charge in [0.05, 0.1) is 0 Å². The molecule has 2 rings (SSSR count). The number of sulfonamides is 1. The molecule has 8 heteroatoms. The van der Waals surface area contributed by atoms with Gasteiger partial charge in [0.2, 0.25) is 0 Å². The number of thiophene rings is 1. The molecule has 110 valence electrons. The Hall–Kier alpha value is -0.960. The third-order valence-corrected chi connectivity index (χ3v) is 6.28. The Morgan fingerprint density at radius 1 is 1.40 bits per heavy atom. The molecule has 5 nitrogen and oxygen atoms in total. The molecule has 0 fully saturated rings. The van der Waals surface area contributed by atoms with Gasteiger partial charge in [0.15, 0.2) is 5.13 Å². The molecule has 0 aliphatic rings. The monoisotopic (exact) mass is 331 g/mol. The van der Waals surface area contributed by atoms with Gasteiger partial charge in [-0.05, 0) is 36.9 Å². The SMILES string of the molecule is CCCNCc1csc(S(=O)(=O)Nc2ncc(C)s2)c1. The lowest BCUT2D eigenvalue weighted by Crippen LogP contribution is -2.13. The molecule has 0 amide bonds. The second kappa shape index (κ2) is 6.66. The molecular formula is C12H17N3O2S3. The van der Waals surface area contributed by atoms with E-state index in [0.29, 0.717) is 15.9 Å². The van der Waals surface area contributed by atoms with Gasteiger partial charge in [-0.3, -0.25) is 4.72 Å². The third kappa shape index (κ3) is 4.02. The molecule has 0 bridgehead atoms. The highest BCUT2D eigenvalue weighted by molar-refractivity contribution is 7.94. The zero-order chi connectivity index (χ0) is 14.6. The molecule has 20 heavy (non-hydrogen) atoms. The average molecular weight is 331 g/mol. The first-order valence-corrected chi connectivity index (χ1v) is 9.42. The van der Waals surface area contributed by atoms with Crippen molar-refractivity contribution in [3.8, 4) is 0 Å². The van der Waals surface area contributed by atoms with E-state index in [9.17, 15) is 8.42 Å². The summed E-state index contributed by atoms with van der Waals surface area (Å²) in [5.74, 6) is 0. The molecule has 0 aliphatic carbocycles. The van der Waals surface area contributed by atoms with Crippen molar-refractivity contribution in [1.29, 1.82) is 0 Å². The molecule has 0 aliphatic heterocycles. The summed E-state index contributed by atoms with van der Waals surface area (Å²) in [7, 11) is -3.52. The van der Waals surface area contributed by atoms with Crippen LogP contribution < -0.4 is 10.0 Å². The summed E-state index contributed by atoms with van der Waals surface area (Å²) in [5, 5.41) is 5.52. The molecule has 0 saturated carbocycles. The van der Waals surface area contributed by atoms with Crippen LogP contribution in [0.4, 0.5) is 5.13 Å². The minimum absolute atomic E-state index is 0.318. The van der Waals surface area contributed by atoms with Crippen LogP contribution in [0, 0.1) is 6.92 Å². The van der Waals surface area contributed by atoms with Crippen molar-refractivity contribution in [3.63, 3.8) is 0 Å². The van der Waals surface area contributed by atoms with Gasteiger partial charge in [-0.2, -0.15) is 0 Å². The lowest BCUT2D eigenvalue weighted by Gasteiger charge is -2.02. The van der Waals surface area contributed by atoms with E-state index in [-0.39, 0.29) is 0 Å². The van der Waals surface area contributed by atoms with Crippen LogP contribution in [-0.2, 0) is 16.6 Å². The van der Waals surface area contributed by atoms with Gasteiger partial charge in [-0.1, -0.05) is 6.92 Å². The maximum absolute atomic E-state index is 12.2. The van der Waals surface area contributed by atoms with Crippen LogP contribution in [-0.4, -0.2) is 19.9 Å². The molecule has 2 N–H and O–H groups in total. The first kappa shape index (κ1) is 15.4. The molecule has 0 unspecified atom stereocenters. The van der Waals surface area contributed by atoms with E-state index in [0.717, 1.165) is 23.4 Å². The Balaban J connectivity index is 2.06. The fraction of sp³-hybridized carbons (Fsp3) is 0.417. The topological polar surface area (TPSA) is 71.1 Å². The normalized spacial score (nSPS) is 11.7. The minimum Gasteiger partial charge on any atom is -0.313 e. The first-order chi connectivity index (χ1) is 9.51. The zero-order valence-electron chi connectivity index (χ0n) is 11.3. The Kier molecular flexibility index (Phi) is 5.14. The maximum atomic E-state index is 12.2. The van der Waals surface area contributed by atoms with Crippen molar-refractivity contribution in [2.24, 2.45) is 0 Å². The standard InChI is InChI=1S/C12H17N3O2S3/c1-3-4-13-7-10-5-11(18-8-10)20(16,17)15-12-14-6-9(2)19-12/h5-6,8,13H,3-4,7H2,1-2H3,(H,14,15). The highest BCUT2D eigenvalue weighted by atomic mass is 32.2. The number of hydrogen-bond donors (Lipinski definition) is 2. The van der Waals surface area contributed by atoms with E-state index < -0.39 is 10.0 Å². The Labute approximate surface area is 127 Å². The van der Waals surface area contributed by atoms with E-state index >= 15 is 0 Å². The van der Waals surface area contributed by atoms with Crippen molar-refractivity contribution in [2.75, 3.05) is 11.3 Å². The summed E-state index contributed by atoms with van der Waals surface area (Å²) in [6.07, 6.45) is 2.71. The number of thiazole rings is 1. The molecule has 2 aromatic heterocycles. The Morgan fingerprint density at radius 2 is 2.20 bits per heavy atom. The zero-order valence-corrected chi connectivity index (χ0v) is 13.8. The number of rotatable bonds is 7. The molecule has 2 heterocycles. The number of nitrogens with one attached hydrogen (secondary N) is 2. The predicted octanol–water partition coefficient (Wildman–Crippen LogP) is 2.81. The lowest BCUT2D eigenvalue weighted by molar-refractivity contribution is 0.603. The lowest BCUT2D eigenvalue weighted by atomic mass is 10.3. The van der Waals surface area contributed by atoms with Crippen molar-refractivity contribution in [1.82, 2.24) is 10.3 Å². The highest BCUT2D eigenvalue weighted by Gasteiger charge is 2.18. The number of aromatic nitrogens is 1. The van der Waals surface area contributed by atoms with Crippen molar-refractivity contribution in [3.05, 3.63) is 28.1 Å². The smallest absolute Gasteiger partial charge is 0.273 e. The van der Waals surface area contributed by atoms with Crippen molar-refractivity contribution < 1.29 is 8.42 Å². The summed E-state index contributed by atoms with van der Waals surface area (Å²) in [5.41, 5.74) is 0.985. The Morgan fingerprint density at radius 3 is 2.85 bits per heavy atom. The minimum atomic E-state index is -3.52. The van der Waals surface area contributed by atoms with Crippen LogP contribution in [0.5, 0.6) is 0 Å². The van der Waals surface area contributed by atoms with Crippen LogP contribution in [0.2, 0.25) is 0 Å². The van der Waals surface area contributed by atoms with Crippen molar-refractivity contribution in [2.45, 2.75) is 31.0 Å². The molecular weight excluding hydrogens is 314 g/mol. The Bertz CT molecular complexity index is 661. The number of aryl methyl sites for hydroxylation is 1. The number of hydrogen-bond acceptors (Lipinski definition) is 6. The van der Waals surface area contributed by atoms with E-state index in [4.69, 9.17) is 0 Å². The van der Waals surface area contributed by atoms with E-state index in [1.54, 1.807) is 12.3 Å². The van der Waals surface area contributed by atoms with Crippen molar-refractivity contribution >= 4 is 37.8 Å². The van der Waals surface area contributed by atoms with Gasteiger partial charge < -0.3 is 5.32 Å². The van der Waals surface area contributed by atoms with Crippen LogP contribution in [0.15, 0.2) is 21.9 Å². The van der Waals surface area contributed by atoms with E-state index in [1.807, 2.05) is 12.3 Å². The molecule has 0 atom stereocenters. The molecule has 0 radical (unpaired) electrons. The van der Waals surface area contributed by atoms with Gasteiger partial charge in [0.1, 0.15) is 4.21 Å². The highest BCUT2D eigenvalue weighted by Crippen LogP contribution is 2.25. The van der Waals surface area contributed by atoms with Gasteiger partial charge >= 0.3 is 0 Å². The first-order valence-electron chi connectivity index (χ1n) is 6.24. The summed E-state index contributed by atoms with van der Waals surface area (Å²) in [6.45, 7) is 5.60. The van der Waals surface area contributed by atoms with E-state index in [2.05, 4.69) is 21.9 Å². The second-order valence-corrected chi connectivity index (χ2v) is 8.39. The second-order valence-electron chi connectivity index (χ2n) is 4.33. The molecule has 0 aromatic carbocycles. The van der Waals surface area contributed by atoms with Crippen LogP contribution >= 0.6 is 22.7 Å². The van der Waals surface area contributed by atoms with Gasteiger partial charge in [-0.15, -0.1) is 22.7 Å². The summed E-state index contributed by atoms with van der Waals surface area (Å²) < 4.78 is 27.2. The summed E-state index contributed by atoms with van der Waals surface area (Å²) >= 11 is 2.55. The predicted molar refractivity (Wildman–Crippen MR) is 84.0 cm³/mol.